The van der Waals surface area contributed by atoms with Crippen molar-refractivity contribution in [3.8, 4) is 0 Å². The number of hydrogen-bond acceptors (Lipinski definition) is 4. The number of carbonyl (C=O) groups excluding carboxylic acids is 1. The van der Waals surface area contributed by atoms with Gasteiger partial charge in [0.25, 0.3) is 5.91 Å². The van der Waals surface area contributed by atoms with E-state index in [1.165, 1.54) is 25.7 Å². The Balaban J connectivity index is 1.43. The molecule has 0 unspecified atom stereocenters. The van der Waals surface area contributed by atoms with E-state index < -0.39 is 0 Å². The van der Waals surface area contributed by atoms with Crippen molar-refractivity contribution in [3.05, 3.63) is 60.3 Å². The number of rotatable bonds is 4. The van der Waals surface area contributed by atoms with Gasteiger partial charge in [-0.15, -0.1) is 0 Å². The first kappa shape index (κ1) is 16.6. The van der Waals surface area contributed by atoms with Crippen molar-refractivity contribution in [2.75, 3.05) is 18.0 Å². The molecular weight excluding hydrogens is 326 g/mol. The molecule has 3 aromatic heterocycles. The summed E-state index contributed by atoms with van der Waals surface area (Å²) in [6.45, 7) is 2.48. The third-order valence-electron chi connectivity index (χ3n) is 4.79. The number of amides is 1. The van der Waals surface area contributed by atoms with Crippen LogP contribution in [0.1, 0.15) is 41.9 Å². The molecule has 1 aliphatic heterocycles. The van der Waals surface area contributed by atoms with E-state index in [1.807, 2.05) is 47.1 Å². The number of carbonyl (C=O) groups is 1. The van der Waals surface area contributed by atoms with Crippen LogP contribution in [-0.2, 0) is 6.54 Å². The summed E-state index contributed by atoms with van der Waals surface area (Å²) in [5.41, 5.74) is 3.24. The van der Waals surface area contributed by atoms with Gasteiger partial charge in [0.1, 0.15) is 11.3 Å². The summed E-state index contributed by atoms with van der Waals surface area (Å²) in [4.78, 5) is 23.6. The molecule has 3 aromatic rings. The maximum absolute atomic E-state index is 12.5. The number of anilines is 1. The van der Waals surface area contributed by atoms with Crippen LogP contribution in [0.4, 0.5) is 5.69 Å². The number of imidazole rings is 1. The minimum Gasteiger partial charge on any atom is -0.371 e. The molecule has 6 heteroatoms. The monoisotopic (exact) mass is 349 g/mol. The first-order valence-electron chi connectivity index (χ1n) is 9.21. The van der Waals surface area contributed by atoms with Crippen molar-refractivity contribution in [2.24, 2.45) is 0 Å². The fourth-order valence-corrected chi connectivity index (χ4v) is 3.40. The number of hydrogen-bond donors (Lipinski definition) is 1. The van der Waals surface area contributed by atoms with E-state index in [0.717, 1.165) is 30.1 Å². The quantitative estimate of drug-likeness (QED) is 0.786. The highest BCUT2D eigenvalue weighted by atomic mass is 16.1. The molecule has 4 heterocycles. The van der Waals surface area contributed by atoms with E-state index in [0.29, 0.717) is 12.2 Å². The average Bonchev–Trinajstić information content (AvgIpc) is 2.90. The average molecular weight is 349 g/mol. The van der Waals surface area contributed by atoms with Crippen molar-refractivity contribution in [1.29, 1.82) is 0 Å². The van der Waals surface area contributed by atoms with Crippen LogP contribution < -0.4 is 10.2 Å². The number of pyridine rings is 2. The number of nitrogens with one attached hydrogen (secondary N) is 1. The summed E-state index contributed by atoms with van der Waals surface area (Å²) in [5.74, 6) is -0.168. The van der Waals surface area contributed by atoms with Crippen LogP contribution in [0.25, 0.3) is 5.65 Å². The number of fused-ring (bicyclic) bond motifs is 1. The van der Waals surface area contributed by atoms with E-state index in [9.17, 15) is 4.79 Å². The van der Waals surface area contributed by atoms with Crippen molar-refractivity contribution < 1.29 is 4.79 Å². The molecule has 0 radical (unpaired) electrons. The fourth-order valence-electron chi connectivity index (χ4n) is 3.40. The Hall–Kier alpha value is -2.89. The SMILES string of the molecule is O=C(NCc1cn2ccccc2n1)c1cc(N2CCCCCC2)ccn1. The Morgan fingerprint density at radius 2 is 1.96 bits per heavy atom. The first-order valence-corrected chi connectivity index (χ1v) is 9.21. The molecule has 26 heavy (non-hydrogen) atoms. The van der Waals surface area contributed by atoms with Gasteiger partial charge in [-0.2, -0.15) is 0 Å². The zero-order chi connectivity index (χ0) is 17.8. The molecule has 1 fully saturated rings. The molecule has 1 saturated heterocycles. The predicted molar refractivity (Wildman–Crippen MR) is 101 cm³/mol. The van der Waals surface area contributed by atoms with Crippen molar-refractivity contribution in [1.82, 2.24) is 19.7 Å². The molecule has 4 rings (SSSR count). The molecule has 1 amide bonds. The smallest absolute Gasteiger partial charge is 0.270 e. The highest BCUT2D eigenvalue weighted by Crippen LogP contribution is 2.19. The van der Waals surface area contributed by atoms with Crippen molar-refractivity contribution in [3.63, 3.8) is 0 Å². The predicted octanol–water partition coefficient (Wildman–Crippen LogP) is 3.04. The second-order valence-electron chi connectivity index (χ2n) is 6.68. The first-order chi connectivity index (χ1) is 12.8. The topological polar surface area (TPSA) is 62.5 Å². The van der Waals surface area contributed by atoms with E-state index >= 15 is 0 Å². The van der Waals surface area contributed by atoms with Gasteiger partial charge in [-0.1, -0.05) is 18.9 Å². The molecule has 0 spiro atoms. The normalized spacial score (nSPS) is 15.0. The maximum Gasteiger partial charge on any atom is 0.270 e. The lowest BCUT2D eigenvalue weighted by molar-refractivity contribution is 0.0945. The van der Waals surface area contributed by atoms with Crippen LogP contribution in [0.3, 0.4) is 0 Å². The van der Waals surface area contributed by atoms with Gasteiger partial charge in [0.15, 0.2) is 0 Å². The summed E-state index contributed by atoms with van der Waals surface area (Å²) in [6, 6.07) is 9.73. The molecule has 0 bridgehead atoms. The van der Waals surface area contributed by atoms with Gasteiger partial charge < -0.3 is 14.6 Å². The van der Waals surface area contributed by atoms with E-state index in [1.54, 1.807) is 6.20 Å². The van der Waals surface area contributed by atoms with E-state index in [4.69, 9.17) is 0 Å². The molecule has 6 nitrogen and oxygen atoms in total. The van der Waals surface area contributed by atoms with Gasteiger partial charge in [0.2, 0.25) is 0 Å². The summed E-state index contributed by atoms with van der Waals surface area (Å²) < 4.78 is 1.94. The maximum atomic E-state index is 12.5. The van der Waals surface area contributed by atoms with Gasteiger partial charge in [0, 0.05) is 37.4 Å². The van der Waals surface area contributed by atoms with Crippen LogP contribution in [-0.4, -0.2) is 33.4 Å². The minimum absolute atomic E-state index is 0.168. The van der Waals surface area contributed by atoms with E-state index in [-0.39, 0.29) is 5.91 Å². The van der Waals surface area contributed by atoms with Crippen LogP contribution in [0.15, 0.2) is 48.9 Å². The lowest BCUT2D eigenvalue weighted by Crippen LogP contribution is -2.26. The molecule has 0 saturated carbocycles. The summed E-state index contributed by atoms with van der Waals surface area (Å²) >= 11 is 0. The van der Waals surface area contributed by atoms with Crippen LogP contribution in [0.2, 0.25) is 0 Å². The summed E-state index contributed by atoms with van der Waals surface area (Å²) in [5, 5.41) is 2.92. The van der Waals surface area contributed by atoms with E-state index in [2.05, 4.69) is 20.2 Å². The third-order valence-corrected chi connectivity index (χ3v) is 4.79. The van der Waals surface area contributed by atoms with Crippen LogP contribution in [0, 0.1) is 0 Å². The van der Waals surface area contributed by atoms with Gasteiger partial charge in [-0.05, 0) is 37.1 Å². The third kappa shape index (κ3) is 3.69. The lowest BCUT2D eigenvalue weighted by atomic mass is 10.2. The Bertz CT molecular complexity index is 863. The molecule has 0 atom stereocenters. The number of nitrogens with zero attached hydrogens (tertiary/aromatic N) is 4. The second kappa shape index (κ2) is 7.56. The molecule has 1 aliphatic rings. The van der Waals surface area contributed by atoms with Crippen molar-refractivity contribution >= 4 is 17.2 Å². The molecule has 0 aliphatic carbocycles. The summed E-state index contributed by atoms with van der Waals surface area (Å²) in [6.07, 6.45) is 10.6. The number of aromatic nitrogens is 3. The van der Waals surface area contributed by atoms with Crippen LogP contribution in [0.5, 0.6) is 0 Å². The molecule has 134 valence electrons. The van der Waals surface area contributed by atoms with Gasteiger partial charge in [-0.25, -0.2) is 4.98 Å². The standard InChI is InChI=1S/C20H23N5O/c26-20(22-14-16-15-25-12-6-3-7-19(25)23-16)18-13-17(8-9-21-18)24-10-4-1-2-5-11-24/h3,6-9,12-13,15H,1-2,4-5,10-11,14H2,(H,22,26). The zero-order valence-corrected chi connectivity index (χ0v) is 14.8. The summed E-state index contributed by atoms with van der Waals surface area (Å²) in [7, 11) is 0. The Morgan fingerprint density at radius 3 is 2.77 bits per heavy atom. The largest absolute Gasteiger partial charge is 0.371 e. The van der Waals surface area contributed by atoms with Crippen molar-refractivity contribution in [2.45, 2.75) is 32.2 Å². The molecule has 1 N–H and O–H groups in total. The van der Waals surface area contributed by atoms with Crippen LogP contribution >= 0.6 is 0 Å². The van der Waals surface area contributed by atoms with Gasteiger partial charge >= 0.3 is 0 Å². The highest BCUT2D eigenvalue weighted by molar-refractivity contribution is 5.93. The Labute approximate surface area is 152 Å². The van der Waals surface area contributed by atoms with Gasteiger partial charge in [-0.3, -0.25) is 9.78 Å². The fraction of sp³-hybridized carbons (Fsp3) is 0.350. The minimum atomic E-state index is -0.168. The highest BCUT2D eigenvalue weighted by Gasteiger charge is 2.14. The Morgan fingerprint density at radius 1 is 1.12 bits per heavy atom. The zero-order valence-electron chi connectivity index (χ0n) is 14.8. The second-order valence-corrected chi connectivity index (χ2v) is 6.68. The van der Waals surface area contributed by atoms with Gasteiger partial charge in [0.05, 0.1) is 12.2 Å². The lowest BCUT2D eigenvalue weighted by Gasteiger charge is -2.22. The molecular formula is C20H23N5O. The molecule has 0 aromatic carbocycles. The Kier molecular flexibility index (Phi) is 4.82.